The third-order valence-corrected chi connectivity index (χ3v) is 5.89. The lowest BCUT2D eigenvalue weighted by Gasteiger charge is -2.06. The number of rotatable bonds is 16. The van der Waals surface area contributed by atoms with Gasteiger partial charge in [-0.1, -0.05) is 77.6 Å². The third kappa shape index (κ3) is 9.99. The molecule has 29 heavy (non-hydrogen) atoms. The topological polar surface area (TPSA) is 66.9 Å². The SMILES string of the molecule is CCCCCCCCCCCCCCNNC(=O)c1csc(-c2cccnc2)n1. The summed E-state index contributed by atoms with van der Waals surface area (Å²) in [5.41, 5.74) is 7.14. The number of nitrogens with one attached hydrogen (secondary N) is 2. The van der Waals surface area contributed by atoms with Gasteiger partial charge in [-0.25, -0.2) is 10.4 Å². The van der Waals surface area contributed by atoms with Crippen LogP contribution in [0.5, 0.6) is 0 Å². The number of thiazole rings is 1. The van der Waals surface area contributed by atoms with Crippen LogP contribution < -0.4 is 10.9 Å². The zero-order valence-electron chi connectivity index (χ0n) is 17.8. The molecule has 0 bridgehead atoms. The van der Waals surface area contributed by atoms with E-state index in [9.17, 15) is 4.79 Å². The summed E-state index contributed by atoms with van der Waals surface area (Å²) < 4.78 is 0. The first kappa shape index (κ1) is 23.5. The molecule has 0 aliphatic rings. The number of carbonyl (C=O) groups excluding carboxylic acids is 1. The molecule has 2 heterocycles. The molecule has 0 aliphatic heterocycles. The van der Waals surface area contributed by atoms with Gasteiger partial charge in [-0.3, -0.25) is 15.2 Å². The summed E-state index contributed by atoms with van der Waals surface area (Å²) in [6.45, 7) is 3.06. The highest BCUT2D eigenvalue weighted by Gasteiger charge is 2.11. The average molecular weight is 417 g/mol. The van der Waals surface area contributed by atoms with Crippen molar-refractivity contribution in [1.82, 2.24) is 20.8 Å². The van der Waals surface area contributed by atoms with Crippen LogP contribution in [0, 0.1) is 0 Å². The van der Waals surface area contributed by atoms with Gasteiger partial charge < -0.3 is 0 Å². The number of hydrazine groups is 1. The van der Waals surface area contributed by atoms with Gasteiger partial charge in [0.1, 0.15) is 10.7 Å². The minimum atomic E-state index is -0.185. The predicted molar refractivity (Wildman–Crippen MR) is 122 cm³/mol. The Balaban J connectivity index is 1.44. The van der Waals surface area contributed by atoms with Crippen molar-refractivity contribution in [2.75, 3.05) is 6.54 Å². The Morgan fingerprint density at radius 1 is 0.966 bits per heavy atom. The maximum absolute atomic E-state index is 12.2. The molecule has 2 N–H and O–H groups in total. The first-order valence-electron chi connectivity index (χ1n) is 11.2. The lowest BCUT2D eigenvalue weighted by atomic mass is 10.1. The Labute approximate surface area is 179 Å². The molecule has 160 valence electrons. The number of hydrogen-bond donors (Lipinski definition) is 2. The van der Waals surface area contributed by atoms with Crippen molar-refractivity contribution in [3.05, 3.63) is 35.6 Å². The second-order valence-electron chi connectivity index (χ2n) is 7.55. The van der Waals surface area contributed by atoms with Crippen molar-refractivity contribution in [3.63, 3.8) is 0 Å². The highest BCUT2D eigenvalue weighted by atomic mass is 32.1. The number of carbonyl (C=O) groups is 1. The number of hydrogen-bond acceptors (Lipinski definition) is 5. The maximum Gasteiger partial charge on any atom is 0.284 e. The number of unbranched alkanes of at least 4 members (excludes halogenated alkanes) is 11. The van der Waals surface area contributed by atoms with E-state index in [1.165, 1.54) is 82.0 Å². The molecular formula is C23H36N4OS. The standard InChI is InChI=1S/C23H36N4OS/c1-2-3-4-5-6-7-8-9-10-11-12-13-17-25-27-22(28)21-19-29-23(26-21)20-15-14-16-24-18-20/h14-16,18-19,25H,2-13,17H2,1H3,(H,27,28). The van der Waals surface area contributed by atoms with Crippen molar-refractivity contribution in [1.29, 1.82) is 0 Å². The molecule has 0 aromatic carbocycles. The van der Waals surface area contributed by atoms with E-state index < -0.39 is 0 Å². The van der Waals surface area contributed by atoms with E-state index in [4.69, 9.17) is 0 Å². The van der Waals surface area contributed by atoms with E-state index in [0.717, 1.165) is 23.5 Å². The van der Waals surface area contributed by atoms with Gasteiger partial charge in [0.15, 0.2) is 0 Å². The molecule has 0 radical (unpaired) electrons. The van der Waals surface area contributed by atoms with E-state index in [1.807, 2.05) is 12.1 Å². The predicted octanol–water partition coefficient (Wildman–Crippen LogP) is 6.14. The molecule has 1 amide bonds. The summed E-state index contributed by atoms with van der Waals surface area (Å²) in [5.74, 6) is -0.185. The van der Waals surface area contributed by atoms with Crippen LogP contribution in [0.25, 0.3) is 10.6 Å². The van der Waals surface area contributed by atoms with Crippen LogP contribution >= 0.6 is 11.3 Å². The second kappa shape index (κ2) is 15.1. The van der Waals surface area contributed by atoms with Crippen LogP contribution in [0.1, 0.15) is 94.5 Å². The molecule has 2 rings (SSSR count). The van der Waals surface area contributed by atoms with E-state index in [2.05, 4.69) is 27.7 Å². The normalized spacial score (nSPS) is 10.9. The van der Waals surface area contributed by atoms with Gasteiger partial charge in [0.2, 0.25) is 0 Å². The highest BCUT2D eigenvalue weighted by molar-refractivity contribution is 7.13. The largest absolute Gasteiger partial charge is 0.286 e. The van der Waals surface area contributed by atoms with Crippen LogP contribution in [0.15, 0.2) is 29.9 Å². The fourth-order valence-corrected chi connectivity index (χ4v) is 4.05. The maximum atomic E-state index is 12.2. The zero-order chi connectivity index (χ0) is 20.6. The monoisotopic (exact) mass is 416 g/mol. The molecule has 6 heteroatoms. The molecule has 0 spiro atoms. The van der Waals surface area contributed by atoms with Crippen molar-refractivity contribution >= 4 is 17.2 Å². The Hall–Kier alpha value is -1.79. The lowest BCUT2D eigenvalue weighted by Crippen LogP contribution is -2.38. The minimum Gasteiger partial charge on any atom is -0.286 e. The van der Waals surface area contributed by atoms with Gasteiger partial charge in [0.25, 0.3) is 5.91 Å². The number of aromatic nitrogens is 2. The molecule has 0 aliphatic carbocycles. The molecule has 0 saturated carbocycles. The first-order chi connectivity index (χ1) is 14.3. The fourth-order valence-electron chi connectivity index (χ4n) is 3.26. The quantitative estimate of drug-likeness (QED) is 0.255. The Morgan fingerprint density at radius 2 is 1.62 bits per heavy atom. The number of amides is 1. The summed E-state index contributed by atoms with van der Waals surface area (Å²) in [6, 6.07) is 3.81. The van der Waals surface area contributed by atoms with Crippen LogP contribution in [0.2, 0.25) is 0 Å². The Morgan fingerprint density at radius 3 is 2.24 bits per heavy atom. The van der Waals surface area contributed by atoms with Crippen LogP contribution in [-0.4, -0.2) is 22.4 Å². The van der Waals surface area contributed by atoms with Gasteiger partial charge >= 0.3 is 0 Å². The highest BCUT2D eigenvalue weighted by Crippen LogP contribution is 2.22. The lowest BCUT2D eigenvalue weighted by molar-refractivity contribution is 0.0928. The molecule has 2 aromatic rings. The van der Waals surface area contributed by atoms with Crippen LogP contribution in [-0.2, 0) is 0 Å². The van der Waals surface area contributed by atoms with Gasteiger partial charge in [-0.2, -0.15) is 0 Å². The minimum absolute atomic E-state index is 0.185. The molecule has 0 saturated heterocycles. The summed E-state index contributed by atoms with van der Waals surface area (Å²) in [4.78, 5) is 20.6. The molecule has 5 nitrogen and oxygen atoms in total. The van der Waals surface area contributed by atoms with Crippen molar-refractivity contribution in [3.8, 4) is 10.6 Å². The number of pyridine rings is 1. The van der Waals surface area contributed by atoms with Gasteiger partial charge in [0, 0.05) is 29.9 Å². The van der Waals surface area contributed by atoms with E-state index in [-0.39, 0.29) is 5.91 Å². The first-order valence-corrected chi connectivity index (χ1v) is 12.1. The van der Waals surface area contributed by atoms with Gasteiger partial charge in [-0.15, -0.1) is 11.3 Å². The smallest absolute Gasteiger partial charge is 0.284 e. The summed E-state index contributed by atoms with van der Waals surface area (Å²) >= 11 is 1.45. The summed E-state index contributed by atoms with van der Waals surface area (Å²) in [7, 11) is 0. The summed E-state index contributed by atoms with van der Waals surface area (Å²) in [6.07, 6.45) is 19.5. The molecule has 2 aromatic heterocycles. The summed E-state index contributed by atoms with van der Waals surface area (Å²) in [5, 5.41) is 2.59. The van der Waals surface area contributed by atoms with Crippen LogP contribution in [0.4, 0.5) is 0 Å². The molecule has 0 atom stereocenters. The fraction of sp³-hybridized carbons (Fsp3) is 0.609. The van der Waals surface area contributed by atoms with Crippen molar-refractivity contribution in [2.24, 2.45) is 0 Å². The molecule has 0 fully saturated rings. The van der Waals surface area contributed by atoms with Crippen molar-refractivity contribution in [2.45, 2.75) is 84.0 Å². The second-order valence-corrected chi connectivity index (χ2v) is 8.41. The molecule has 0 unspecified atom stereocenters. The van der Waals surface area contributed by atoms with E-state index in [1.54, 1.807) is 17.8 Å². The Kier molecular flexibility index (Phi) is 12.2. The van der Waals surface area contributed by atoms with Crippen molar-refractivity contribution < 1.29 is 4.79 Å². The van der Waals surface area contributed by atoms with E-state index >= 15 is 0 Å². The van der Waals surface area contributed by atoms with Gasteiger partial charge in [0.05, 0.1) is 0 Å². The average Bonchev–Trinajstić information content (AvgIpc) is 3.25. The van der Waals surface area contributed by atoms with E-state index in [0.29, 0.717) is 5.69 Å². The molecular weight excluding hydrogens is 380 g/mol. The zero-order valence-corrected chi connectivity index (χ0v) is 18.6. The Bertz CT molecular complexity index is 675. The van der Waals surface area contributed by atoms with Gasteiger partial charge in [-0.05, 0) is 18.6 Å². The van der Waals surface area contributed by atoms with Crippen LogP contribution in [0.3, 0.4) is 0 Å². The third-order valence-electron chi connectivity index (χ3n) is 5.00. The number of nitrogens with zero attached hydrogens (tertiary/aromatic N) is 2.